The Morgan fingerprint density at radius 3 is 2.00 bits per heavy atom. The minimum atomic E-state index is 0.0714. The molecule has 2 nitrogen and oxygen atoms in total. The molecular formula is C15H25NOS. The lowest BCUT2D eigenvalue weighted by Crippen LogP contribution is -2.24. The normalized spacial score (nSPS) is 16.4. The van der Waals surface area contributed by atoms with Gasteiger partial charge >= 0.3 is 0 Å². The highest BCUT2D eigenvalue weighted by Crippen LogP contribution is 2.31. The molecule has 1 rings (SSSR count). The Morgan fingerprint density at radius 2 is 1.56 bits per heavy atom. The Bertz CT molecular complexity index is 350. The minimum Gasteiger partial charge on any atom is -0.497 e. The Balaban J connectivity index is 2.64. The van der Waals surface area contributed by atoms with Crippen LogP contribution in [0, 0.1) is 5.92 Å². The summed E-state index contributed by atoms with van der Waals surface area (Å²) < 4.78 is 5.16. The topological polar surface area (TPSA) is 35.2 Å². The van der Waals surface area contributed by atoms with Crippen LogP contribution in [0.25, 0.3) is 0 Å². The van der Waals surface area contributed by atoms with Crippen LogP contribution in [-0.2, 0) is 0 Å². The monoisotopic (exact) mass is 267 g/mol. The van der Waals surface area contributed by atoms with E-state index in [2.05, 4.69) is 39.8 Å². The van der Waals surface area contributed by atoms with E-state index in [-0.39, 0.29) is 6.04 Å². The summed E-state index contributed by atoms with van der Waals surface area (Å²) in [5, 5.41) is 1.04. The van der Waals surface area contributed by atoms with Gasteiger partial charge < -0.3 is 10.5 Å². The van der Waals surface area contributed by atoms with Crippen LogP contribution >= 0.6 is 11.8 Å². The zero-order chi connectivity index (χ0) is 13.7. The zero-order valence-corrected chi connectivity index (χ0v) is 12.8. The molecule has 0 heterocycles. The van der Waals surface area contributed by atoms with Crippen LogP contribution in [0.15, 0.2) is 24.3 Å². The minimum absolute atomic E-state index is 0.0714. The summed E-state index contributed by atoms with van der Waals surface area (Å²) in [6.45, 7) is 8.98. The van der Waals surface area contributed by atoms with Crippen LogP contribution in [0.5, 0.6) is 5.75 Å². The van der Waals surface area contributed by atoms with Gasteiger partial charge in [0.25, 0.3) is 0 Å². The van der Waals surface area contributed by atoms with Crippen molar-refractivity contribution < 1.29 is 4.74 Å². The van der Waals surface area contributed by atoms with Gasteiger partial charge in [-0.2, -0.15) is 11.8 Å². The first kappa shape index (κ1) is 15.4. The summed E-state index contributed by atoms with van der Waals surface area (Å²) in [6, 6.07) is 8.13. The Morgan fingerprint density at radius 1 is 1.00 bits per heavy atom. The number of rotatable bonds is 6. The maximum absolute atomic E-state index is 6.32. The molecule has 0 saturated carbocycles. The molecular weight excluding hydrogens is 242 g/mol. The Hall–Kier alpha value is -0.670. The van der Waals surface area contributed by atoms with Gasteiger partial charge in [-0.15, -0.1) is 0 Å². The first-order valence-corrected chi connectivity index (χ1v) is 7.45. The maximum Gasteiger partial charge on any atom is 0.118 e. The quantitative estimate of drug-likeness (QED) is 0.850. The predicted octanol–water partition coefficient (Wildman–Crippen LogP) is 3.86. The fraction of sp³-hybridized carbons (Fsp3) is 0.600. The molecule has 2 N–H and O–H groups in total. The first-order chi connectivity index (χ1) is 8.45. The third-order valence-corrected chi connectivity index (χ3v) is 5.07. The van der Waals surface area contributed by atoms with Crippen LogP contribution in [0.3, 0.4) is 0 Å². The molecule has 0 aliphatic carbocycles. The molecule has 0 spiro atoms. The lowest BCUT2D eigenvalue weighted by atomic mass is 10.1. The number of hydrogen-bond acceptors (Lipinski definition) is 3. The van der Waals surface area contributed by atoms with Gasteiger partial charge in [0.2, 0.25) is 0 Å². The fourth-order valence-electron chi connectivity index (χ4n) is 1.68. The van der Waals surface area contributed by atoms with Crippen molar-refractivity contribution in [2.24, 2.45) is 11.7 Å². The van der Waals surface area contributed by atoms with Crippen molar-refractivity contribution in [3.8, 4) is 5.75 Å². The van der Waals surface area contributed by atoms with E-state index in [1.807, 2.05) is 23.9 Å². The van der Waals surface area contributed by atoms with Gasteiger partial charge in [0, 0.05) is 16.5 Å². The summed E-state index contributed by atoms with van der Waals surface area (Å²) >= 11 is 1.96. The van der Waals surface area contributed by atoms with E-state index >= 15 is 0 Å². The highest BCUT2D eigenvalue weighted by molar-refractivity contribution is 8.00. The zero-order valence-electron chi connectivity index (χ0n) is 12.0. The molecule has 3 unspecified atom stereocenters. The van der Waals surface area contributed by atoms with Crippen molar-refractivity contribution in [2.45, 2.75) is 44.2 Å². The van der Waals surface area contributed by atoms with Crippen molar-refractivity contribution in [1.29, 1.82) is 0 Å². The molecule has 0 saturated heterocycles. The van der Waals surface area contributed by atoms with Gasteiger partial charge in [-0.3, -0.25) is 0 Å². The molecule has 0 aromatic heterocycles. The Kier molecular flexibility index (Phi) is 6.03. The van der Waals surface area contributed by atoms with Crippen molar-refractivity contribution in [2.75, 3.05) is 7.11 Å². The molecule has 0 fully saturated rings. The van der Waals surface area contributed by atoms with Gasteiger partial charge in [0.05, 0.1) is 7.11 Å². The van der Waals surface area contributed by atoms with Crippen molar-refractivity contribution in [3.63, 3.8) is 0 Å². The van der Waals surface area contributed by atoms with E-state index in [0.717, 1.165) is 5.75 Å². The molecule has 0 bridgehead atoms. The average molecular weight is 267 g/mol. The van der Waals surface area contributed by atoms with Gasteiger partial charge in [-0.1, -0.05) is 39.8 Å². The summed E-state index contributed by atoms with van der Waals surface area (Å²) in [5.41, 5.74) is 7.49. The second-order valence-corrected chi connectivity index (χ2v) is 6.85. The molecule has 1 aromatic rings. The van der Waals surface area contributed by atoms with Crippen LogP contribution in [0.1, 0.15) is 39.3 Å². The van der Waals surface area contributed by atoms with Crippen molar-refractivity contribution in [1.82, 2.24) is 0 Å². The predicted molar refractivity (Wildman–Crippen MR) is 81.3 cm³/mol. The second kappa shape index (κ2) is 7.05. The van der Waals surface area contributed by atoms with Crippen LogP contribution in [0.4, 0.5) is 0 Å². The number of hydrogen-bond donors (Lipinski definition) is 1. The van der Waals surface area contributed by atoms with Crippen LogP contribution in [-0.4, -0.2) is 17.6 Å². The fourth-order valence-corrected chi connectivity index (χ4v) is 3.00. The molecule has 1 aromatic carbocycles. The van der Waals surface area contributed by atoms with E-state index in [9.17, 15) is 0 Å². The van der Waals surface area contributed by atoms with E-state index in [1.54, 1.807) is 7.11 Å². The van der Waals surface area contributed by atoms with Crippen molar-refractivity contribution >= 4 is 11.8 Å². The molecule has 3 heteroatoms. The molecule has 3 atom stereocenters. The standard InChI is InChI=1S/C15H25NOS/c1-10(2)11(3)18-12(4)15(16)13-6-8-14(17-5)9-7-13/h6-12,15H,16H2,1-5H3. The molecule has 0 amide bonds. The lowest BCUT2D eigenvalue weighted by molar-refractivity contribution is 0.414. The molecule has 0 radical (unpaired) electrons. The molecule has 0 aliphatic heterocycles. The highest BCUT2D eigenvalue weighted by Gasteiger charge is 2.19. The second-order valence-electron chi connectivity index (χ2n) is 5.09. The van der Waals surface area contributed by atoms with Gasteiger partial charge in [-0.05, 0) is 23.6 Å². The van der Waals surface area contributed by atoms with Crippen LogP contribution < -0.4 is 10.5 Å². The van der Waals surface area contributed by atoms with E-state index in [4.69, 9.17) is 10.5 Å². The van der Waals surface area contributed by atoms with Gasteiger partial charge in [-0.25, -0.2) is 0 Å². The maximum atomic E-state index is 6.32. The van der Waals surface area contributed by atoms with E-state index in [1.165, 1.54) is 5.56 Å². The SMILES string of the molecule is COc1ccc(C(N)C(C)SC(C)C(C)C)cc1. The van der Waals surface area contributed by atoms with Crippen molar-refractivity contribution in [3.05, 3.63) is 29.8 Å². The molecule has 102 valence electrons. The summed E-state index contributed by atoms with van der Waals surface area (Å²) in [6.07, 6.45) is 0. The smallest absolute Gasteiger partial charge is 0.118 e. The lowest BCUT2D eigenvalue weighted by Gasteiger charge is -2.25. The highest BCUT2D eigenvalue weighted by atomic mass is 32.2. The average Bonchev–Trinajstić information content (AvgIpc) is 2.37. The third-order valence-electron chi connectivity index (χ3n) is 3.37. The number of methoxy groups -OCH3 is 1. The van der Waals surface area contributed by atoms with Gasteiger partial charge in [0.1, 0.15) is 5.75 Å². The number of ether oxygens (including phenoxy) is 1. The first-order valence-electron chi connectivity index (χ1n) is 6.50. The van der Waals surface area contributed by atoms with Gasteiger partial charge in [0.15, 0.2) is 0 Å². The summed E-state index contributed by atoms with van der Waals surface area (Å²) in [7, 11) is 1.68. The number of nitrogens with two attached hydrogens (primary N) is 1. The van der Waals surface area contributed by atoms with E-state index in [0.29, 0.717) is 16.4 Å². The molecule has 0 aliphatic rings. The molecule has 18 heavy (non-hydrogen) atoms. The van der Waals surface area contributed by atoms with E-state index < -0.39 is 0 Å². The largest absolute Gasteiger partial charge is 0.497 e. The summed E-state index contributed by atoms with van der Waals surface area (Å²) in [4.78, 5) is 0. The Labute approximate surface area is 115 Å². The summed E-state index contributed by atoms with van der Waals surface area (Å²) in [5.74, 6) is 1.56. The number of benzene rings is 1. The number of thioether (sulfide) groups is 1. The van der Waals surface area contributed by atoms with Crippen LogP contribution in [0.2, 0.25) is 0 Å². The third kappa shape index (κ3) is 4.21.